The minimum absolute atomic E-state index is 0.00486. The second kappa shape index (κ2) is 8.11. The molecule has 0 saturated carbocycles. The number of nitrogens with zero attached hydrogens (tertiary/aromatic N) is 3. The van der Waals surface area contributed by atoms with Crippen molar-refractivity contribution in [2.75, 3.05) is 11.6 Å². The van der Waals surface area contributed by atoms with Crippen molar-refractivity contribution in [2.45, 2.75) is 17.5 Å². The van der Waals surface area contributed by atoms with E-state index in [2.05, 4.69) is 15.4 Å². The zero-order valence-electron chi connectivity index (χ0n) is 14.0. The van der Waals surface area contributed by atoms with E-state index in [1.54, 1.807) is 23.9 Å². The summed E-state index contributed by atoms with van der Waals surface area (Å²) in [5.74, 6) is -0.798. The molecule has 2 N–H and O–H groups in total. The summed E-state index contributed by atoms with van der Waals surface area (Å²) in [6.45, 7) is 0.105. The van der Waals surface area contributed by atoms with Gasteiger partial charge < -0.3 is 10.4 Å². The number of carbonyl (C=O) groups excluding carboxylic acids is 1. The number of aliphatic hydroxyl groups excluding tert-OH is 1. The molecule has 1 unspecified atom stereocenters. The van der Waals surface area contributed by atoms with E-state index in [-0.39, 0.29) is 18.2 Å². The SMILES string of the molecule is CSc1ccc(NC(=O)c2ncn(CC(O)c3ccc(F)cc3)n2)cc1. The number of nitrogens with one attached hydrogen (secondary N) is 1. The fourth-order valence-corrected chi connectivity index (χ4v) is 2.72. The molecule has 0 saturated heterocycles. The van der Waals surface area contributed by atoms with Crippen molar-refractivity contribution in [3.63, 3.8) is 0 Å². The van der Waals surface area contributed by atoms with E-state index in [0.717, 1.165) is 4.90 Å². The van der Waals surface area contributed by atoms with E-state index in [1.165, 1.54) is 35.3 Å². The molecule has 1 heterocycles. The van der Waals surface area contributed by atoms with Crippen LogP contribution in [0.5, 0.6) is 0 Å². The van der Waals surface area contributed by atoms with Gasteiger partial charge in [-0.3, -0.25) is 4.79 Å². The lowest BCUT2D eigenvalue weighted by atomic mass is 10.1. The Morgan fingerprint density at radius 1 is 1.23 bits per heavy atom. The van der Waals surface area contributed by atoms with Crippen LogP contribution in [-0.4, -0.2) is 32.0 Å². The first-order chi connectivity index (χ1) is 12.5. The third-order valence-electron chi connectivity index (χ3n) is 3.70. The number of thioether (sulfide) groups is 1. The minimum atomic E-state index is -0.882. The van der Waals surface area contributed by atoms with E-state index in [0.29, 0.717) is 11.3 Å². The Balaban J connectivity index is 1.62. The molecule has 3 rings (SSSR count). The van der Waals surface area contributed by atoms with Gasteiger partial charge in [-0.15, -0.1) is 16.9 Å². The lowest BCUT2D eigenvalue weighted by molar-refractivity contribution is 0.101. The average molecular weight is 372 g/mol. The van der Waals surface area contributed by atoms with Crippen LogP contribution in [0.25, 0.3) is 0 Å². The molecule has 134 valence electrons. The first-order valence-corrected chi connectivity index (χ1v) is 9.06. The van der Waals surface area contributed by atoms with Crippen molar-refractivity contribution >= 4 is 23.4 Å². The Morgan fingerprint density at radius 2 is 1.92 bits per heavy atom. The first-order valence-electron chi connectivity index (χ1n) is 7.83. The molecule has 0 fully saturated rings. The number of hydrogen-bond donors (Lipinski definition) is 2. The van der Waals surface area contributed by atoms with Crippen LogP contribution in [0.15, 0.2) is 59.8 Å². The highest BCUT2D eigenvalue weighted by molar-refractivity contribution is 7.98. The number of aliphatic hydroxyl groups is 1. The lowest BCUT2D eigenvalue weighted by Crippen LogP contribution is -2.15. The molecule has 26 heavy (non-hydrogen) atoms. The fraction of sp³-hybridized carbons (Fsp3) is 0.167. The molecule has 0 spiro atoms. The first kappa shape index (κ1) is 18.1. The monoisotopic (exact) mass is 372 g/mol. The smallest absolute Gasteiger partial charge is 0.295 e. The van der Waals surface area contributed by atoms with Gasteiger partial charge in [-0.1, -0.05) is 12.1 Å². The largest absolute Gasteiger partial charge is 0.386 e. The normalized spacial score (nSPS) is 12.0. The number of anilines is 1. The number of halogens is 1. The number of amides is 1. The van der Waals surface area contributed by atoms with E-state index in [4.69, 9.17) is 0 Å². The third kappa shape index (κ3) is 4.47. The van der Waals surface area contributed by atoms with Gasteiger partial charge in [-0.05, 0) is 48.2 Å². The second-order valence-corrected chi connectivity index (χ2v) is 6.42. The molecule has 0 aliphatic rings. The van der Waals surface area contributed by atoms with E-state index in [1.807, 2.05) is 18.4 Å². The number of rotatable bonds is 6. The topological polar surface area (TPSA) is 80.0 Å². The summed E-state index contributed by atoms with van der Waals surface area (Å²) in [5, 5.41) is 17.0. The zero-order chi connectivity index (χ0) is 18.5. The summed E-state index contributed by atoms with van der Waals surface area (Å²) in [6, 6.07) is 13.0. The number of hydrogen-bond acceptors (Lipinski definition) is 5. The van der Waals surface area contributed by atoms with Crippen molar-refractivity contribution in [1.82, 2.24) is 14.8 Å². The molecule has 1 amide bonds. The zero-order valence-corrected chi connectivity index (χ0v) is 14.8. The molecule has 0 aliphatic heterocycles. The van der Waals surface area contributed by atoms with Crippen molar-refractivity contribution < 1.29 is 14.3 Å². The standard InChI is InChI=1S/C18H17FN4O2S/c1-26-15-8-6-14(7-9-15)21-18(25)17-20-11-23(22-17)10-16(24)12-2-4-13(19)5-3-12/h2-9,11,16,24H,10H2,1H3,(H,21,25). The summed E-state index contributed by atoms with van der Waals surface area (Å²) in [5.41, 5.74) is 1.21. The molecule has 0 bridgehead atoms. The molecule has 1 aromatic heterocycles. The molecule has 3 aromatic rings. The van der Waals surface area contributed by atoms with Gasteiger partial charge in [0.1, 0.15) is 12.1 Å². The second-order valence-electron chi connectivity index (χ2n) is 5.54. The van der Waals surface area contributed by atoms with Crippen LogP contribution in [0.2, 0.25) is 0 Å². The van der Waals surface area contributed by atoms with Gasteiger partial charge in [0, 0.05) is 10.6 Å². The number of aromatic nitrogens is 3. The van der Waals surface area contributed by atoms with Crippen LogP contribution >= 0.6 is 11.8 Å². The molecule has 0 aliphatic carbocycles. The van der Waals surface area contributed by atoms with Gasteiger partial charge in [-0.25, -0.2) is 14.1 Å². The molecular formula is C18H17FN4O2S. The highest BCUT2D eigenvalue weighted by Crippen LogP contribution is 2.18. The van der Waals surface area contributed by atoms with Crippen molar-refractivity contribution in [2.24, 2.45) is 0 Å². The summed E-state index contributed by atoms with van der Waals surface area (Å²) in [7, 11) is 0. The van der Waals surface area contributed by atoms with Gasteiger partial charge in [0.2, 0.25) is 5.82 Å². The van der Waals surface area contributed by atoms with Crippen LogP contribution in [0.1, 0.15) is 22.3 Å². The fourth-order valence-electron chi connectivity index (χ4n) is 2.32. The van der Waals surface area contributed by atoms with Crippen molar-refractivity contribution in [3.8, 4) is 0 Å². The molecule has 1 atom stereocenters. The number of benzene rings is 2. The maximum atomic E-state index is 12.9. The lowest BCUT2D eigenvalue weighted by Gasteiger charge is -2.10. The van der Waals surface area contributed by atoms with Crippen LogP contribution in [0, 0.1) is 5.82 Å². The summed E-state index contributed by atoms with van der Waals surface area (Å²) in [4.78, 5) is 17.3. The average Bonchev–Trinajstić information content (AvgIpc) is 3.11. The predicted octanol–water partition coefficient (Wildman–Crippen LogP) is 3.13. The van der Waals surface area contributed by atoms with E-state index in [9.17, 15) is 14.3 Å². The van der Waals surface area contributed by atoms with Gasteiger partial charge in [-0.2, -0.15) is 0 Å². The predicted molar refractivity (Wildman–Crippen MR) is 97.6 cm³/mol. The maximum absolute atomic E-state index is 12.9. The Morgan fingerprint density at radius 3 is 2.58 bits per heavy atom. The summed E-state index contributed by atoms with van der Waals surface area (Å²) in [6.07, 6.45) is 2.47. The Labute approximate surface area is 154 Å². The summed E-state index contributed by atoms with van der Waals surface area (Å²) >= 11 is 1.62. The number of carbonyl (C=O) groups is 1. The molecule has 6 nitrogen and oxygen atoms in total. The Hall–Kier alpha value is -2.71. The van der Waals surface area contributed by atoms with Crippen molar-refractivity contribution in [1.29, 1.82) is 0 Å². The van der Waals surface area contributed by atoms with Crippen LogP contribution in [0.3, 0.4) is 0 Å². The van der Waals surface area contributed by atoms with Crippen LogP contribution in [0.4, 0.5) is 10.1 Å². The van der Waals surface area contributed by atoms with Gasteiger partial charge >= 0.3 is 0 Å². The maximum Gasteiger partial charge on any atom is 0.295 e. The van der Waals surface area contributed by atoms with Gasteiger partial charge in [0.05, 0.1) is 12.6 Å². The minimum Gasteiger partial charge on any atom is -0.386 e. The summed E-state index contributed by atoms with van der Waals surface area (Å²) < 4.78 is 14.3. The van der Waals surface area contributed by atoms with Gasteiger partial charge in [0.15, 0.2) is 0 Å². The third-order valence-corrected chi connectivity index (χ3v) is 4.45. The quantitative estimate of drug-likeness (QED) is 0.650. The van der Waals surface area contributed by atoms with E-state index < -0.39 is 12.0 Å². The molecule has 8 heteroatoms. The van der Waals surface area contributed by atoms with Crippen molar-refractivity contribution in [3.05, 3.63) is 72.1 Å². The van der Waals surface area contributed by atoms with E-state index >= 15 is 0 Å². The van der Waals surface area contributed by atoms with Gasteiger partial charge in [0.25, 0.3) is 5.91 Å². The highest BCUT2D eigenvalue weighted by Gasteiger charge is 2.14. The van der Waals surface area contributed by atoms with Crippen LogP contribution < -0.4 is 5.32 Å². The highest BCUT2D eigenvalue weighted by atomic mass is 32.2. The Kier molecular flexibility index (Phi) is 5.65. The van der Waals surface area contributed by atoms with Crippen LogP contribution in [-0.2, 0) is 6.54 Å². The molecule has 2 aromatic carbocycles. The Bertz CT molecular complexity index is 881. The molecular weight excluding hydrogens is 355 g/mol. The molecule has 0 radical (unpaired) electrons.